The lowest BCUT2D eigenvalue weighted by Crippen LogP contribution is -2.33. The van der Waals surface area contributed by atoms with Crippen LogP contribution in [0.3, 0.4) is 0 Å². The predicted octanol–water partition coefficient (Wildman–Crippen LogP) is 4.37. The third kappa shape index (κ3) is 3.44. The van der Waals surface area contributed by atoms with Gasteiger partial charge in [-0.2, -0.15) is 5.10 Å². The number of para-hydroxylation sites is 1. The third-order valence-corrected chi connectivity index (χ3v) is 6.00. The number of benzene rings is 3. The van der Waals surface area contributed by atoms with Crippen LogP contribution in [-0.2, 0) is 0 Å². The van der Waals surface area contributed by atoms with Gasteiger partial charge in [0.1, 0.15) is 11.5 Å². The van der Waals surface area contributed by atoms with Crippen LogP contribution in [0.1, 0.15) is 35.4 Å². The van der Waals surface area contributed by atoms with Crippen molar-refractivity contribution in [1.29, 1.82) is 0 Å². The predicted molar refractivity (Wildman–Crippen MR) is 121 cm³/mol. The van der Waals surface area contributed by atoms with Crippen molar-refractivity contribution < 1.29 is 29.2 Å². The summed E-state index contributed by atoms with van der Waals surface area (Å²) in [6.45, 7) is 0. The highest BCUT2D eigenvalue weighted by Gasteiger charge is 2.42. The number of rotatable bonds is 5. The van der Waals surface area contributed by atoms with E-state index in [-0.39, 0.29) is 17.5 Å². The summed E-state index contributed by atoms with van der Waals surface area (Å²) in [6, 6.07) is 15.8. The van der Waals surface area contributed by atoms with Crippen molar-refractivity contribution in [3.63, 3.8) is 0 Å². The summed E-state index contributed by atoms with van der Waals surface area (Å²) in [5, 5.41) is 27.6. The summed E-state index contributed by atoms with van der Waals surface area (Å²) < 4.78 is 22.5. The average Bonchev–Trinajstić information content (AvgIpc) is 3.29. The second kappa shape index (κ2) is 8.12. The molecule has 0 saturated carbocycles. The molecule has 2 N–H and O–H groups in total. The number of aromatic hydroxyl groups is 2. The van der Waals surface area contributed by atoms with Crippen molar-refractivity contribution in [3.05, 3.63) is 71.3 Å². The van der Waals surface area contributed by atoms with Gasteiger partial charge < -0.3 is 29.2 Å². The van der Waals surface area contributed by atoms with E-state index in [1.165, 1.54) is 7.11 Å². The molecule has 2 aliphatic heterocycles. The van der Waals surface area contributed by atoms with Crippen molar-refractivity contribution in [3.8, 4) is 34.5 Å². The van der Waals surface area contributed by atoms with E-state index in [0.29, 0.717) is 46.3 Å². The maximum Gasteiger partial charge on any atom is 0.214 e. The van der Waals surface area contributed by atoms with Gasteiger partial charge in [-0.05, 0) is 42.5 Å². The Bertz CT molecular complexity index is 1240. The van der Waals surface area contributed by atoms with E-state index < -0.39 is 6.23 Å². The van der Waals surface area contributed by atoms with Gasteiger partial charge in [-0.25, -0.2) is 5.01 Å². The Kier molecular flexibility index (Phi) is 5.12. The second-order valence-corrected chi connectivity index (χ2v) is 7.81. The zero-order valence-electron chi connectivity index (χ0n) is 18.5. The van der Waals surface area contributed by atoms with Crippen LogP contribution in [0.25, 0.3) is 0 Å². The van der Waals surface area contributed by atoms with Crippen molar-refractivity contribution >= 4 is 5.71 Å². The van der Waals surface area contributed by atoms with Crippen molar-refractivity contribution in [1.82, 2.24) is 5.01 Å². The maximum absolute atomic E-state index is 10.5. The third-order valence-electron chi connectivity index (χ3n) is 6.00. The Balaban J connectivity index is 1.63. The van der Waals surface area contributed by atoms with Crippen LogP contribution in [0.15, 0.2) is 59.7 Å². The Labute approximate surface area is 191 Å². The lowest BCUT2D eigenvalue weighted by atomic mass is 9.95. The summed E-state index contributed by atoms with van der Waals surface area (Å²) >= 11 is 0. The van der Waals surface area contributed by atoms with Crippen LogP contribution < -0.4 is 18.9 Å². The zero-order chi connectivity index (χ0) is 23.1. The van der Waals surface area contributed by atoms with E-state index in [2.05, 4.69) is 0 Å². The van der Waals surface area contributed by atoms with Crippen LogP contribution in [0.2, 0.25) is 0 Å². The first kappa shape index (κ1) is 20.8. The molecule has 0 unspecified atom stereocenters. The molecule has 33 heavy (non-hydrogen) atoms. The van der Waals surface area contributed by atoms with Gasteiger partial charge in [-0.15, -0.1) is 0 Å². The molecule has 5 rings (SSSR count). The summed E-state index contributed by atoms with van der Waals surface area (Å²) in [5.74, 6) is 2.39. The minimum Gasteiger partial charge on any atom is -0.507 e. The van der Waals surface area contributed by atoms with Crippen LogP contribution >= 0.6 is 0 Å². The highest BCUT2D eigenvalue weighted by Crippen LogP contribution is 2.51. The number of phenols is 2. The smallest absolute Gasteiger partial charge is 0.214 e. The molecule has 0 radical (unpaired) electrons. The van der Waals surface area contributed by atoms with Gasteiger partial charge in [0.2, 0.25) is 6.23 Å². The highest BCUT2D eigenvalue weighted by atomic mass is 16.5. The Morgan fingerprint density at radius 3 is 2.45 bits per heavy atom. The van der Waals surface area contributed by atoms with Crippen LogP contribution in [0, 0.1) is 0 Å². The Hall–Kier alpha value is -4.07. The molecule has 0 spiro atoms. The fourth-order valence-electron chi connectivity index (χ4n) is 4.36. The number of phenolic OH excluding ortho intramolecular Hbond substituents is 2. The first-order valence-corrected chi connectivity index (χ1v) is 10.5. The minimum atomic E-state index is -0.624. The van der Waals surface area contributed by atoms with E-state index in [9.17, 15) is 10.2 Å². The lowest BCUT2D eigenvalue weighted by molar-refractivity contribution is -0.0210. The molecule has 0 saturated heterocycles. The minimum absolute atomic E-state index is 0.00909. The number of hydrogen-bond donors (Lipinski definition) is 2. The molecule has 170 valence electrons. The van der Waals surface area contributed by atoms with Crippen LogP contribution in [0.4, 0.5) is 0 Å². The Morgan fingerprint density at radius 1 is 0.909 bits per heavy atom. The van der Waals surface area contributed by atoms with E-state index >= 15 is 0 Å². The fraction of sp³-hybridized carbons (Fsp3) is 0.240. The molecule has 0 bridgehead atoms. The van der Waals surface area contributed by atoms with Crippen molar-refractivity contribution in [2.45, 2.75) is 18.7 Å². The van der Waals surface area contributed by atoms with Crippen molar-refractivity contribution in [2.24, 2.45) is 5.10 Å². The topological polar surface area (TPSA) is 93.0 Å². The quantitative estimate of drug-likeness (QED) is 0.599. The van der Waals surface area contributed by atoms with Crippen LogP contribution in [-0.4, -0.2) is 42.3 Å². The standard InChI is InChI=1S/C25H24N2O6/c1-30-15-8-9-20(28)17(12-15)18-13-19-16-5-4-6-23(32-3)24(16)33-25(27(19)26-18)14-7-10-22(31-2)21(29)11-14/h4-12,19,25,28-29H,13H2,1-3H3/t19-,25-/m1/s1. The highest BCUT2D eigenvalue weighted by molar-refractivity contribution is 6.04. The maximum atomic E-state index is 10.5. The monoisotopic (exact) mass is 448 g/mol. The van der Waals surface area contributed by atoms with E-state index in [0.717, 1.165) is 5.56 Å². The van der Waals surface area contributed by atoms with Gasteiger partial charge in [0, 0.05) is 23.1 Å². The van der Waals surface area contributed by atoms with Gasteiger partial charge in [-0.1, -0.05) is 12.1 Å². The summed E-state index contributed by atoms with van der Waals surface area (Å²) in [4.78, 5) is 0. The molecule has 2 aliphatic rings. The molecule has 2 heterocycles. The van der Waals surface area contributed by atoms with Gasteiger partial charge >= 0.3 is 0 Å². The number of methoxy groups -OCH3 is 3. The number of ether oxygens (including phenoxy) is 4. The number of hydrazone groups is 1. The van der Waals surface area contributed by atoms with E-state index in [4.69, 9.17) is 24.0 Å². The molecule has 0 aliphatic carbocycles. The molecule has 3 aromatic rings. The molecule has 0 amide bonds. The van der Waals surface area contributed by atoms with Gasteiger partial charge in [-0.3, -0.25) is 0 Å². The number of nitrogens with zero attached hydrogens (tertiary/aromatic N) is 2. The normalized spacial score (nSPS) is 18.6. The summed E-state index contributed by atoms with van der Waals surface area (Å²) in [5.41, 5.74) is 2.95. The van der Waals surface area contributed by atoms with Crippen LogP contribution in [0.5, 0.6) is 34.5 Å². The van der Waals surface area contributed by atoms with E-state index in [1.807, 2.05) is 29.3 Å². The average molecular weight is 448 g/mol. The first-order valence-electron chi connectivity index (χ1n) is 10.5. The molecule has 0 aromatic heterocycles. The first-order chi connectivity index (χ1) is 16.0. The molecular formula is C25H24N2O6. The SMILES string of the molecule is COc1ccc(O)c(C2=NN3[C@H](C2)c2cccc(OC)c2O[C@@H]3c2ccc(OC)c(O)c2)c1. The van der Waals surface area contributed by atoms with Crippen molar-refractivity contribution in [2.75, 3.05) is 21.3 Å². The molecule has 8 nitrogen and oxygen atoms in total. The second-order valence-electron chi connectivity index (χ2n) is 7.81. The molecule has 8 heteroatoms. The largest absolute Gasteiger partial charge is 0.507 e. The lowest BCUT2D eigenvalue weighted by Gasteiger charge is -2.38. The van der Waals surface area contributed by atoms with Gasteiger partial charge in [0.05, 0.1) is 33.1 Å². The summed E-state index contributed by atoms with van der Waals surface area (Å²) in [7, 11) is 4.68. The molecule has 2 atom stereocenters. The fourth-order valence-corrected chi connectivity index (χ4v) is 4.36. The molecule has 0 fully saturated rings. The summed E-state index contributed by atoms with van der Waals surface area (Å²) in [6.07, 6.45) is -0.0797. The Morgan fingerprint density at radius 2 is 1.73 bits per heavy atom. The molecule has 3 aromatic carbocycles. The van der Waals surface area contributed by atoms with E-state index in [1.54, 1.807) is 44.6 Å². The number of hydrogen-bond acceptors (Lipinski definition) is 8. The zero-order valence-corrected chi connectivity index (χ0v) is 18.5. The van der Waals surface area contributed by atoms with Gasteiger partial charge in [0.25, 0.3) is 0 Å². The van der Waals surface area contributed by atoms with Gasteiger partial charge in [0.15, 0.2) is 23.0 Å². The number of fused-ring (bicyclic) bond motifs is 3. The molecular weight excluding hydrogens is 424 g/mol.